The first-order valence-electron chi connectivity index (χ1n) is 5.32. The fraction of sp³-hybridized carbons (Fsp3) is 0.308. The molecular formula is C13H12FNO2. The third kappa shape index (κ3) is 2.15. The van der Waals surface area contributed by atoms with Crippen molar-refractivity contribution < 1.29 is 14.0 Å². The molecule has 1 heterocycles. The molecule has 4 heteroatoms. The van der Waals surface area contributed by atoms with E-state index in [0.29, 0.717) is 24.1 Å². The molecule has 1 aliphatic rings. The highest BCUT2D eigenvalue weighted by Crippen LogP contribution is 2.30. The molecule has 0 radical (unpaired) electrons. The van der Waals surface area contributed by atoms with Crippen LogP contribution in [0.3, 0.4) is 0 Å². The number of hydroxylamine groups is 1. The summed E-state index contributed by atoms with van der Waals surface area (Å²) in [4.78, 5) is 16.9. The number of aryl methyl sites for hydroxylation is 2. The van der Waals surface area contributed by atoms with E-state index in [1.54, 1.807) is 13.0 Å². The van der Waals surface area contributed by atoms with Crippen molar-refractivity contribution in [3.63, 3.8) is 0 Å². The van der Waals surface area contributed by atoms with Crippen molar-refractivity contribution in [1.29, 1.82) is 0 Å². The van der Waals surface area contributed by atoms with E-state index in [0.717, 1.165) is 5.56 Å². The topological polar surface area (TPSA) is 29.5 Å². The number of anilines is 1. The lowest BCUT2D eigenvalue weighted by atomic mass is 10.0. The molecule has 88 valence electrons. The normalized spacial score (nSPS) is 14.4. The molecule has 0 spiro atoms. The van der Waals surface area contributed by atoms with Gasteiger partial charge in [0.2, 0.25) is 0 Å². The number of terminal acetylenes is 1. The molecular weight excluding hydrogens is 221 g/mol. The number of rotatable bonds is 2. The Morgan fingerprint density at radius 1 is 1.53 bits per heavy atom. The van der Waals surface area contributed by atoms with Crippen molar-refractivity contribution in [2.24, 2.45) is 0 Å². The molecule has 1 aromatic rings. The first-order chi connectivity index (χ1) is 8.13. The molecule has 1 aliphatic heterocycles. The smallest absolute Gasteiger partial charge is 0.251 e. The Bertz CT molecular complexity index is 505. The minimum atomic E-state index is -0.269. The number of amides is 1. The Balaban J connectivity index is 2.40. The number of nitrogens with zero attached hydrogens (tertiary/aromatic N) is 1. The standard InChI is InChI=1S/C13H12FNO2/c1-3-6-17-15-12-7-9(2)11(14)8-10(12)4-5-13(15)16/h1,7-8H,4-6H2,2H3. The van der Waals surface area contributed by atoms with Crippen molar-refractivity contribution in [3.8, 4) is 12.3 Å². The summed E-state index contributed by atoms with van der Waals surface area (Å²) >= 11 is 0. The monoisotopic (exact) mass is 233 g/mol. The maximum absolute atomic E-state index is 13.4. The number of carbonyl (C=O) groups is 1. The van der Waals surface area contributed by atoms with Crippen LogP contribution in [0.15, 0.2) is 12.1 Å². The van der Waals surface area contributed by atoms with Gasteiger partial charge in [0.05, 0.1) is 5.69 Å². The highest BCUT2D eigenvalue weighted by molar-refractivity contribution is 5.94. The average molecular weight is 233 g/mol. The molecule has 0 N–H and O–H groups in total. The third-order valence-electron chi connectivity index (χ3n) is 2.69. The maximum Gasteiger partial charge on any atom is 0.251 e. The summed E-state index contributed by atoms with van der Waals surface area (Å²) in [7, 11) is 0. The molecule has 0 fully saturated rings. The van der Waals surface area contributed by atoms with E-state index in [2.05, 4.69) is 5.92 Å². The van der Waals surface area contributed by atoms with Gasteiger partial charge in [-0.25, -0.2) is 4.39 Å². The van der Waals surface area contributed by atoms with Crippen LogP contribution >= 0.6 is 0 Å². The van der Waals surface area contributed by atoms with Gasteiger partial charge in [-0.15, -0.1) is 6.42 Å². The van der Waals surface area contributed by atoms with E-state index in [1.165, 1.54) is 11.1 Å². The molecule has 0 saturated carbocycles. The van der Waals surface area contributed by atoms with Crippen LogP contribution in [0.2, 0.25) is 0 Å². The Hall–Kier alpha value is -1.86. The third-order valence-corrected chi connectivity index (χ3v) is 2.69. The van der Waals surface area contributed by atoms with Crippen LogP contribution in [0.5, 0.6) is 0 Å². The molecule has 0 bridgehead atoms. The maximum atomic E-state index is 13.4. The van der Waals surface area contributed by atoms with Crippen LogP contribution < -0.4 is 5.06 Å². The molecule has 1 aromatic carbocycles. The second-order valence-electron chi connectivity index (χ2n) is 3.90. The van der Waals surface area contributed by atoms with Gasteiger partial charge in [0.1, 0.15) is 12.4 Å². The minimum Gasteiger partial charge on any atom is -0.272 e. The summed E-state index contributed by atoms with van der Waals surface area (Å²) < 4.78 is 13.4. The number of hydrogen-bond donors (Lipinski definition) is 0. The molecule has 17 heavy (non-hydrogen) atoms. The van der Waals surface area contributed by atoms with Crippen LogP contribution in [-0.2, 0) is 16.1 Å². The van der Waals surface area contributed by atoms with Crippen LogP contribution in [-0.4, -0.2) is 12.5 Å². The minimum absolute atomic E-state index is 0.0155. The molecule has 0 saturated heterocycles. The van der Waals surface area contributed by atoms with Gasteiger partial charge in [0.25, 0.3) is 5.91 Å². The van der Waals surface area contributed by atoms with Crippen molar-refractivity contribution in [2.75, 3.05) is 11.7 Å². The zero-order chi connectivity index (χ0) is 12.4. The van der Waals surface area contributed by atoms with E-state index >= 15 is 0 Å². The summed E-state index contributed by atoms with van der Waals surface area (Å²) in [5.74, 6) is 1.88. The average Bonchev–Trinajstić information content (AvgIpc) is 2.30. The zero-order valence-corrected chi connectivity index (χ0v) is 9.50. The number of benzene rings is 1. The lowest BCUT2D eigenvalue weighted by molar-refractivity contribution is -0.125. The zero-order valence-electron chi connectivity index (χ0n) is 9.50. The van der Waals surface area contributed by atoms with Gasteiger partial charge in [-0.1, -0.05) is 5.92 Å². The number of carbonyl (C=O) groups excluding carboxylic acids is 1. The molecule has 2 rings (SSSR count). The van der Waals surface area contributed by atoms with Crippen LogP contribution in [0.1, 0.15) is 17.5 Å². The fourth-order valence-corrected chi connectivity index (χ4v) is 1.82. The summed E-state index contributed by atoms with van der Waals surface area (Å²) in [6.07, 6.45) is 5.93. The Morgan fingerprint density at radius 3 is 3.00 bits per heavy atom. The Morgan fingerprint density at radius 2 is 2.29 bits per heavy atom. The van der Waals surface area contributed by atoms with E-state index in [9.17, 15) is 9.18 Å². The highest BCUT2D eigenvalue weighted by Gasteiger charge is 2.26. The quantitative estimate of drug-likeness (QED) is 0.731. The second-order valence-corrected chi connectivity index (χ2v) is 3.90. The van der Waals surface area contributed by atoms with E-state index in [4.69, 9.17) is 11.3 Å². The van der Waals surface area contributed by atoms with Gasteiger partial charge >= 0.3 is 0 Å². The molecule has 0 unspecified atom stereocenters. The SMILES string of the molecule is C#CCON1C(=O)CCc2cc(F)c(C)cc21. The largest absolute Gasteiger partial charge is 0.272 e. The van der Waals surface area contributed by atoms with Crippen molar-refractivity contribution in [2.45, 2.75) is 19.8 Å². The van der Waals surface area contributed by atoms with E-state index in [-0.39, 0.29) is 18.3 Å². The lowest BCUT2D eigenvalue weighted by Crippen LogP contribution is -2.35. The van der Waals surface area contributed by atoms with Gasteiger partial charge < -0.3 is 0 Å². The number of hydrogen-bond acceptors (Lipinski definition) is 2. The molecule has 3 nitrogen and oxygen atoms in total. The second kappa shape index (κ2) is 4.56. The van der Waals surface area contributed by atoms with Gasteiger partial charge in [-0.05, 0) is 36.6 Å². The van der Waals surface area contributed by atoms with Gasteiger partial charge in [-0.2, -0.15) is 5.06 Å². The fourth-order valence-electron chi connectivity index (χ4n) is 1.82. The van der Waals surface area contributed by atoms with Crippen LogP contribution in [0.4, 0.5) is 10.1 Å². The van der Waals surface area contributed by atoms with Gasteiger partial charge in [0, 0.05) is 6.42 Å². The first kappa shape index (κ1) is 11.6. The Kier molecular flexibility index (Phi) is 3.12. The first-order valence-corrected chi connectivity index (χ1v) is 5.32. The predicted octanol–water partition coefficient (Wildman–Crippen LogP) is 1.98. The van der Waals surface area contributed by atoms with Crippen molar-refractivity contribution in [1.82, 2.24) is 0 Å². The molecule has 0 atom stereocenters. The highest BCUT2D eigenvalue weighted by atomic mass is 19.1. The summed E-state index contributed by atoms with van der Waals surface area (Å²) in [6.45, 7) is 1.66. The lowest BCUT2D eigenvalue weighted by Gasteiger charge is -2.28. The van der Waals surface area contributed by atoms with Crippen molar-refractivity contribution >= 4 is 11.6 Å². The molecule has 1 amide bonds. The Labute approximate surface area is 99.1 Å². The van der Waals surface area contributed by atoms with Crippen LogP contribution in [0.25, 0.3) is 0 Å². The number of halogens is 1. The number of fused-ring (bicyclic) bond motifs is 1. The van der Waals surface area contributed by atoms with Gasteiger partial charge in [0.15, 0.2) is 0 Å². The summed E-state index contributed by atoms with van der Waals surface area (Å²) in [6, 6.07) is 3.06. The molecule has 0 aromatic heterocycles. The molecule has 0 aliphatic carbocycles. The van der Waals surface area contributed by atoms with E-state index < -0.39 is 0 Å². The van der Waals surface area contributed by atoms with Crippen molar-refractivity contribution in [3.05, 3.63) is 29.1 Å². The van der Waals surface area contributed by atoms with Gasteiger partial charge in [-0.3, -0.25) is 9.63 Å². The summed E-state index contributed by atoms with van der Waals surface area (Å²) in [5, 5.41) is 1.17. The van der Waals surface area contributed by atoms with E-state index in [1.807, 2.05) is 0 Å². The summed E-state index contributed by atoms with van der Waals surface area (Å²) in [5.41, 5.74) is 1.84. The predicted molar refractivity (Wildman–Crippen MR) is 61.7 cm³/mol. The van der Waals surface area contributed by atoms with Crippen LogP contribution in [0, 0.1) is 25.1 Å².